The van der Waals surface area contributed by atoms with Crippen molar-refractivity contribution in [2.45, 2.75) is 0 Å². The third-order valence-electron chi connectivity index (χ3n) is 3.59. The van der Waals surface area contributed by atoms with Gasteiger partial charge < -0.3 is 0 Å². The lowest BCUT2D eigenvalue weighted by molar-refractivity contribution is 0.628. The standard InChI is InChI=1S/C18H14ClFSi/c19-21(16-7-3-1-4-8-16,17-9-5-2-6-10-17)18-13-11-15(20)12-14-18/h1-14H. The van der Waals surface area contributed by atoms with E-state index in [9.17, 15) is 4.39 Å². The van der Waals surface area contributed by atoms with E-state index in [2.05, 4.69) is 24.3 Å². The summed E-state index contributed by atoms with van der Waals surface area (Å²) in [6, 6.07) is 26.7. The lowest BCUT2D eigenvalue weighted by atomic mass is 10.3. The zero-order valence-electron chi connectivity index (χ0n) is 11.3. The van der Waals surface area contributed by atoms with Crippen molar-refractivity contribution in [3.63, 3.8) is 0 Å². The maximum atomic E-state index is 13.3. The fraction of sp³-hybridized carbons (Fsp3) is 0. The number of rotatable bonds is 3. The summed E-state index contributed by atoms with van der Waals surface area (Å²) < 4.78 is 13.3. The average molecular weight is 313 g/mol. The van der Waals surface area contributed by atoms with Crippen molar-refractivity contribution in [2.75, 3.05) is 0 Å². The van der Waals surface area contributed by atoms with Gasteiger partial charge >= 0.3 is 0 Å². The molecule has 0 atom stereocenters. The summed E-state index contributed by atoms with van der Waals surface area (Å²) in [4.78, 5) is 0. The van der Waals surface area contributed by atoms with Crippen LogP contribution >= 0.6 is 11.1 Å². The van der Waals surface area contributed by atoms with Crippen LogP contribution < -0.4 is 15.6 Å². The smallest absolute Gasteiger partial charge is 0.207 e. The summed E-state index contributed by atoms with van der Waals surface area (Å²) in [5.74, 6) is -0.243. The highest BCUT2D eigenvalue weighted by molar-refractivity contribution is 7.40. The third kappa shape index (κ3) is 2.65. The van der Waals surface area contributed by atoms with Crippen LogP contribution in [0.1, 0.15) is 0 Å². The second-order valence-electron chi connectivity index (χ2n) is 4.90. The average Bonchev–Trinajstić information content (AvgIpc) is 2.56. The van der Waals surface area contributed by atoms with Gasteiger partial charge in [0.25, 0.3) is 0 Å². The molecule has 0 N–H and O–H groups in total. The van der Waals surface area contributed by atoms with Gasteiger partial charge in [-0.15, -0.1) is 11.1 Å². The molecule has 0 aromatic heterocycles. The van der Waals surface area contributed by atoms with Crippen LogP contribution in [0, 0.1) is 5.82 Å². The van der Waals surface area contributed by atoms with E-state index in [1.807, 2.05) is 36.4 Å². The van der Waals surface area contributed by atoms with E-state index < -0.39 is 7.38 Å². The van der Waals surface area contributed by atoms with Gasteiger partial charge in [0.1, 0.15) is 5.82 Å². The molecule has 104 valence electrons. The molecule has 0 aliphatic rings. The number of hydrogen-bond acceptors (Lipinski definition) is 0. The molecule has 3 aromatic rings. The number of benzene rings is 3. The third-order valence-corrected chi connectivity index (χ3v) is 8.94. The maximum Gasteiger partial charge on any atom is 0.247 e. The van der Waals surface area contributed by atoms with Crippen molar-refractivity contribution < 1.29 is 4.39 Å². The first-order valence-electron chi connectivity index (χ1n) is 6.77. The van der Waals surface area contributed by atoms with Crippen LogP contribution in [-0.2, 0) is 0 Å². The lowest BCUT2D eigenvalue weighted by Gasteiger charge is -2.26. The zero-order chi connectivity index (χ0) is 14.7. The molecule has 0 bridgehead atoms. The monoisotopic (exact) mass is 312 g/mol. The maximum absolute atomic E-state index is 13.3. The Morgan fingerprint density at radius 1 is 0.571 bits per heavy atom. The van der Waals surface area contributed by atoms with Crippen molar-refractivity contribution in [3.05, 3.63) is 90.7 Å². The Labute approximate surface area is 129 Å². The SMILES string of the molecule is Fc1ccc([Si](Cl)(c2ccccc2)c2ccccc2)cc1. The predicted molar refractivity (Wildman–Crippen MR) is 89.8 cm³/mol. The van der Waals surface area contributed by atoms with Crippen LogP contribution in [0.25, 0.3) is 0 Å². The fourth-order valence-electron chi connectivity index (χ4n) is 2.52. The van der Waals surface area contributed by atoms with E-state index in [4.69, 9.17) is 11.1 Å². The molecular weight excluding hydrogens is 299 g/mol. The Morgan fingerprint density at radius 3 is 1.38 bits per heavy atom. The van der Waals surface area contributed by atoms with Crippen LogP contribution in [0.3, 0.4) is 0 Å². The molecule has 0 heterocycles. The molecule has 0 radical (unpaired) electrons. The van der Waals surface area contributed by atoms with Crippen LogP contribution in [0.15, 0.2) is 84.9 Å². The Bertz CT molecular complexity index is 672. The summed E-state index contributed by atoms with van der Waals surface area (Å²) >= 11 is 7.18. The summed E-state index contributed by atoms with van der Waals surface area (Å²) in [5, 5.41) is 3.19. The zero-order valence-corrected chi connectivity index (χ0v) is 13.1. The molecule has 3 rings (SSSR count). The quantitative estimate of drug-likeness (QED) is 0.396. The van der Waals surface area contributed by atoms with Crippen LogP contribution in [0.2, 0.25) is 0 Å². The van der Waals surface area contributed by atoms with Gasteiger partial charge in [-0.3, -0.25) is 0 Å². The lowest BCUT2D eigenvalue weighted by Crippen LogP contribution is -2.62. The predicted octanol–water partition coefficient (Wildman–Crippen LogP) is 3.03. The van der Waals surface area contributed by atoms with E-state index in [0.29, 0.717) is 0 Å². The molecule has 0 nitrogen and oxygen atoms in total. The Kier molecular flexibility index (Phi) is 3.91. The second kappa shape index (κ2) is 5.84. The second-order valence-corrected chi connectivity index (χ2v) is 9.65. The minimum Gasteiger partial charge on any atom is -0.207 e. The minimum atomic E-state index is -2.60. The van der Waals surface area contributed by atoms with Crippen LogP contribution in [0.5, 0.6) is 0 Å². The van der Waals surface area contributed by atoms with Crippen molar-refractivity contribution in [1.29, 1.82) is 0 Å². The van der Waals surface area contributed by atoms with Gasteiger partial charge in [0, 0.05) is 0 Å². The van der Waals surface area contributed by atoms with E-state index in [1.54, 1.807) is 12.1 Å². The van der Waals surface area contributed by atoms with Gasteiger partial charge in [-0.25, -0.2) is 4.39 Å². The normalized spacial score (nSPS) is 11.3. The van der Waals surface area contributed by atoms with Gasteiger partial charge in [0.05, 0.1) is 0 Å². The molecule has 0 aliphatic heterocycles. The van der Waals surface area contributed by atoms with Gasteiger partial charge in [0.15, 0.2) is 0 Å². The Balaban J connectivity index is 2.23. The first kappa shape index (κ1) is 14.1. The van der Waals surface area contributed by atoms with Crippen LogP contribution in [-0.4, -0.2) is 7.38 Å². The van der Waals surface area contributed by atoms with Crippen molar-refractivity contribution in [2.24, 2.45) is 0 Å². The molecule has 0 aliphatic carbocycles. The molecular formula is C18H14ClFSi. The summed E-state index contributed by atoms with van der Waals surface area (Å²) in [5.41, 5.74) is 0. The molecule has 0 saturated heterocycles. The molecule has 21 heavy (non-hydrogen) atoms. The first-order chi connectivity index (χ1) is 10.2. The highest BCUT2D eigenvalue weighted by Crippen LogP contribution is 2.12. The number of hydrogen-bond donors (Lipinski definition) is 0. The van der Waals surface area contributed by atoms with E-state index in [0.717, 1.165) is 15.6 Å². The summed E-state index contributed by atoms with van der Waals surface area (Å²) in [6.45, 7) is 0. The summed E-state index contributed by atoms with van der Waals surface area (Å²) in [6.07, 6.45) is 0. The molecule has 0 amide bonds. The van der Waals surface area contributed by atoms with Crippen molar-refractivity contribution in [1.82, 2.24) is 0 Å². The number of halogens is 2. The molecule has 0 saturated carbocycles. The molecule has 0 fully saturated rings. The van der Waals surface area contributed by atoms with Crippen LogP contribution in [0.4, 0.5) is 4.39 Å². The molecule has 3 heteroatoms. The van der Waals surface area contributed by atoms with Gasteiger partial charge in [-0.05, 0) is 27.7 Å². The van der Waals surface area contributed by atoms with Crippen molar-refractivity contribution in [3.8, 4) is 0 Å². The largest absolute Gasteiger partial charge is 0.247 e. The van der Waals surface area contributed by atoms with Gasteiger partial charge in [-0.2, -0.15) is 0 Å². The topological polar surface area (TPSA) is 0 Å². The highest BCUT2D eigenvalue weighted by atomic mass is 35.6. The molecule has 3 aromatic carbocycles. The fourth-order valence-corrected chi connectivity index (χ4v) is 6.58. The Morgan fingerprint density at radius 2 is 0.952 bits per heavy atom. The highest BCUT2D eigenvalue weighted by Gasteiger charge is 2.37. The van der Waals surface area contributed by atoms with Gasteiger partial charge in [0.2, 0.25) is 7.38 Å². The van der Waals surface area contributed by atoms with E-state index in [-0.39, 0.29) is 5.82 Å². The molecule has 0 unspecified atom stereocenters. The van der Waals surface area contributed by atoms with E-state index >= 15 is 0 Å². The minimum absolute atomic E-state index is 0.243. The first-order valence-corrected chi connectivity index (χ1v) is 9.78. The Hall–Kier alpha value is -1.90. The summed E-state index contributed by atoms with van der Waals surface area (Å²) in [7, 11) is -2.60. The molecule has 0 spiro atoms. The van der Waals surface area contributed by atoms with Crippen molar-refractivity contribution >= 4 is 34.0 Å². The van der Waals surface area contributed by atoms with E-state index in [1.165, 1.54) is 12.1 Å². The van der Waals surface area contributed by atoms with Gasteiger partial charge in [-0.1, -0.05) is 72.8 Å².